The van der Waals surface area contributed by atoms with Crippen LogP contribution in [0.2, 0.25) is 0 Å². The predicted molar refractivity (Wildman–Crippen MR) is 330 cm³/mol. The highest BCUT2D eigenvalue weighted by atomic mass is 16.3. The lowest BCUT2D eigenvalue weighted by Crippen LogP contribution is -2.27. The van der Waals surface area contributed by atoms with Crippen LogP contribution in [0, 0.1) is 0 Å². The van der Waals surface area contributed by atoms with Crippen molar-refractivity contribution in [3.63, 3.8) is 0 Å². The van der Waals surface area contributed by atoms with Gasteiger partial charge < -0.3 is 8.83 Å². The monoisotopic (exact) mass is 1050 g/mol. The highest BCUT2D eigenvalue weighted by Crippen LogP contribution is 2.57. The molecule has 3 aliphatic carbocycles. The van der Waals surface area contributed by atoms with E-state index < -0.39 is 0 Å². The Bertz CT molecular complexity index is 4760. The lowest BCUT2D eigenvalue weighted by molar-refractivity contribution is 0.669. The average molecular weight is 1050 g/mol. The van der Waals surface area contributed by atoms with Crippen LogP contribution in [-0.2, 0) is 0 Å². The highest BCUT2D eigenvalue weighted by Gasteiger charge is 2.42. The van der Waals surface area contributed by atoms with E-state index >= 15 is 0 Å². The number of fused-ring (bicyclic) bond motifs is 6. The van der Waals surface area contributed by atoms with E-state index in [-0.39, 0.29) is 11.8 Å². The Morgan fingerprint density at radius 2 is 0.585 bits per heavy atom. The largest absolute Gasteiger partial charge is 0.455 e. The van der Waals surface area contributed by atoms with Crippen LogP contribution in [-0.4, -0.2) is 19.9 Å². The summed E-state index contributed by atoms with van der Waals surface area (Å²) in [5, 5.41) is 4.38. The summed E-state index contributed by atoms with van der Waals surface area (Å²) in [6.07, 6.45) is 0. The number of para-hydroxylation sites is 4. The molecule has 0 N–H and O–H groups in total. The fraction of sp³-hybridized carbons (Fsp3) is 0.0263. The molecule has 0 amide bonds. The quantitative estimate of drug-likeness (QED) is 0.151. The van der Waals surface area contributed by atoms with Gasteiger partial charge in [-0.25, -0.2) is 19.9 Å². The van der Waals surface area contributed by atoms with Gasteiger partial charge in [-0.05, 0) is 80.9 Å². The molecule has 0 saturated heterocycles. The Morgan fingerprint density at radius 1 is 0.232 bits per heavy atom. The van der Waals surface area contributed by atoms with Crippen LogP contribution in [0.4, 0.5) is 0 Å². The number of aromatic nitrogens is 4. The van der Waals surface area contributed by atoms with E-state index in [1.807, 2.05) is 36.4 Å². The van der Waals surface area contributed by atoms with Crippen LogP contribution in [0.25, 0.3) is 134 Å². The van der Waals surface area contributed by atoms with Gasteiger partial charge in [0.2, 0.25) is 0 Å². The summed E-state index contributed by atoms with van der Waals surface area (Å²) >= 11 is 0. The Kier molecular flexibility index (Phi) is 10.3. The maximum atomic E-state index is 6.61. The van der Waals surface area contributed by atoms with E-state index in [1.54, 1.807) is 0 Å². The summed E-state index contributed by atoms with van der Waals surface area (Å²) in [7, 11) is 0. The third kappa shape index (κ3) is 7.28. The fourth-order valence-electron chi connectivity index (χ4n) is 13.2. The zero-order valence-corrected chi connectivity index (χ0v) is 44.2. The molecule has 6 nitrogen and oxygen atoms in total. The second-order valence-electron chi connectivity index (χ2n) is 21.5. The second-order valence-corrected chi connectivity index (χ2v) is 21.5. The van der Waals surface area contributed by atoms with Gasteiger partial charge in [0.15, 0.2) is 11.6 Å². The van der Waals surface area contributed by atoms with Crippen molar-refractivity contribution in [3.8, 4) is 90.1 Å². The standard InChI is InChI=1S/C76H46N4O2/c1-3-19-45(20-4-1)65-43-67(51-25-9-7-23-49(51)59-31-17-33-61-53-27-13-15-35-69(53)81-73(59)61)79-75(77-65)47-37-39-57-63(41-47)71-55-29-11-12-30-56(55)72(57)64-42-48(38-40-58(64)71)76-78-66(46-21-5-2-6-22-46)44-68(80-76)52-26-10-8-24-50(52)60-32-18-34-62-54-28-14-16-36-70(54)82-74(60)62/h1-44,71-72H. The van der Waals surface area contributed by atoms with Gasteiger partial charge in [-0.3, -0.25) is 0 Å². The van der Waals surface area contributed by atoms with Gasteiger partial charge in [0.25, 0.3) is 0 Å². The zero-order chi connectivity index (χ0) is 53.8. The molecule has 2 bridgehead atoms. The molecule has 0 aliphatic heterocycles. The smallest absolute Gasteiger partial charge is 0.160 e. The second kappa shape index (κ2) is 18.4. The van der Waals surface area contributed by atoms with Crippen molar-refractivity contribution in [2.75, 3.05) is 0 Å². The number of hydrogen-bond acceptors (Lipinski definition) is 6. The number of hydrogen-bond donors (Lipinski definition) is 0. The molecule has 18 rings (SSSR count). The molecule has 6 heteroatoms. The van der Waals surface area contributed by atoms with Crippen molar-refractivity contribution in [1.29, 1.82) is 0 Å². The van der Waals surface area contributed by atoms with Gasteiger partial charge in [-0.15, -0.1) is 0 Å². The van der Waals surface area contributed by atoms with Gasteiger partial charge in [-0.1, -0.05) is 231 Å². The Morgan fingerprint density at radius 3 is 1.05 bits per heavy atom. The maximum absolute atomic E-state index is 6.61. The van der Waals surface area contributed by atoms with Crippen molar-refractivity contribution in [3.05, 3.63) is 300 Å². The molecule has 0 fully saturated rings. The Hall–Kier alpha value is -10.8. The van der Waals surface area contributed by atoms with Gasteiger partial charge in [0.05, 0.1) is 22.8 Å². The van der Waals surface area contributed by atoms with Gasteiger partial charge in [0, 0.05) is 77.9 Å². The van der Waals surface area contributed by atoms with Crippen LogP contribution in [0.3, 0.4) is 0 Å². The fourth-order valence-corrected chi connectivity index (χ4v) is 13.2. The number of rotatable bonds is 8. The first kappa shape index (κ1) is 46.1. The van der Waals surface area contributed by atoms with E-state index in [2.05, 4.69) is 231 Å². The topological polar surface area (TPSA) is 77.8 Å². The van der Waals surface area contributed by atoms with E-state index in [0.717, 1.165) is 122 Å². The highest BCUT2D eigenvalue weighted by molar-refractivity contribution is 6.12. The van der Waals surface area contributed by atoms with Crippen LogP contribution >= 0.6 is 0 Å². The van der Waals surface area contributed by atoms with Gasteiger partial charge >= 0.3 is 0 Å². The maximum Gasteiger partial charge on any atom is 0.160 e. The third-order valence-electron chi connectivity index (χ3n) is 16.9. The summed E-state index contributed by atoms with van der Waals surface area (Å²) in [5.74, 6) is 1.32. The first-order valence-electron chi connectivity index (χ1n) is 27.9. The molecule has 4 heterocycles. The molecule has 4 aromatic heterocycles. The van der Waals surface area contributed by atoms with E-state index in [1.165, 1.54) is 33.4 Å². The van der Waals surface area contributed by atoms with Crippen molar-refractivity contribution in [2.24, 2.45) is 0 Å². The molecule has 82 heavy (non-hydrogen) atoms. The third-order valence-corrected chi connectivity index (χ3v) is 16.9. The minimum absolute atomic E-state index is 0.0121. The van der Waals surface area contributed by atoms with Crippen LogP contribution in [0.15, 0.2) is 276 Å². The molecule has 0 saturated carbocycles. The average Bonchev–Trinajstić information content (AvgIpc) is 3.36. The normalized spacial score (nSPS) is 14.1. The lowest BCUT2D eigenvalue weighted by atomic mass is 9.61. The molecular weight excluding hydrogens is 1000 g/mol. The van der Waals surface area contributed by atoms with Gasteiger partial charge in [0.1, 0.15) is 22.3 Å². The molecule has 2 unspecified atom stereocenters. The minimum atomic E-state index is -0.0121. The Labute approximate surface area is 472 Å². The summed E-state index contributed by atoms with van der Waals surface area (Å²) in [6, 6.07) is 94.3. The molecule has 382 valence electrons. The summed E-state index contributed by atoms with van der Waals surface area (Å²) in [4.78, 5) is 21.8. The van der Waals surface area contributed by atoms with Crippen LogP contribution in [0.5, 0.6) is 0 Å². The van der Waals surface area contributed by atoms with Crippen molar-refractivity contribution in [2.45, 2.75) is 11.8 Å². The number of furan rings is 2. The summed E-state index contributed by atoms with van der Waals surface area (Å²) in [5.41, 5.74) is 24.7. The van der Waals surface area contributed by atoms with Crippen molar-refractivity contribution >= 4 is 43.9 Å². The van der Waals surface area contributed by atoms with E-state index in [9.17, 15) is 0 Å². The lowest BCUT2D eigenvalue weighted by Gasteiger charge is -2.42. The first-order valence-corrected chi connectivity index (χ1v) is 27.9. The Balaban J connectivity index is 0.792. The zero-order valence-electron chi connectivity index (χ0n) is 44.2. The predicted octanol–water partition coefficient (Wildman–Crippen LogP) is 19.4. The molecule has 15 aromatic rings. The SMILES string of the molecule is c1ccc(-c2cc(-c3ccccc3-c3cccc4c3oc3ccccc34)nc(-c3ccc4c(c3)C3c5ccccc5C4c4cc(-c5nc(-c6ccccc6)cc(-c6ccccc6-c6cccc7c6oc6ccccc67)n5)ccc43)n2)cc1. The molecule has 11 aromatic carbocycles. The summed E-state index contributed by atoms with van der Waals surface area (Å²) in [6.45, 7) is 0. The first-order chi connectivity index (χ1) is 40.6. The van der Waals surface area contributed by atoms with E-state index in [0.29, 0.717) is 11.6 Å². The minimum Gasteiger partial charge on any atom is -0.455 e. The molecule has 0 spiro atoms. The van der Waals surface area contributed by atoms with Crippen LogP contribution < -0.4 is 0 Å². The molecular formula is C76H46N4O2. The van der Waals surface area contributed by atoms with Crippen molar-refractivity contribution in [1.82, 2.24) is 19.9 Å². The number of nitrogens with zero attached hydrogens (tertiary/aromatic N) is 4. The molecule has 0 radical (unpaired) electrons. The van der Waals surface area contributed by atoms with E-state index in [4.69, 9.17) is 28.8 Å². The van der Waals surface area contributed by atoms with Crippen molar-refractivity contribution < 1.29 is 8.83 Å². The number of benzene rings is 11. The van der Waals surface area contributed by atoms with Gasteiger partial charge in [-0.2, -0.15) is 0 Å². The molecule has 2 atom stereocenters. The van der Waals surface area contributed by atoms with Crippen LogP contribution in [0.1, 0.15) is 45.2 Å². The summed E-state index contributed by atoms with van der Waals surface area (Å²) < 4.78 is 13.2. The molecule has 3 aliphatic rings.